The van der Waals surface area contributed by atoms with Gasteiger partial charge < -0.3 is 10.1 Å². The molecular formula is C16H19N3O4S. The smallest absolute Gasteiger partial charge is 0.251 e. The standard InChI is InChI=1S/C16H19N3O4S/c1-2-23-14-8-6-13(7-9-14)16(20)18-11-12-24(21,22)19-15-5-3-4-10-17-15/h3-10H,2,11-12H2,1H3,(H,17,19)(H,18,20). The van der Waals surface area contributed by atoms with Crippen LogP contribution in [0.4, 0.5) is 5.82 Å². The molecule has 2 rings (SSSR count). The van der Waals surface area contributed by atoms with Crippen molar-refractivity contribution in [3.63, 3.8) is 0 Å². The molecule has 0 bridgehead atoms. The predicted molar refractivity (Wildman–Crippen MR) is 91.6 cm³/mol. The maximum atomic E-state index is 12.0. The van der Waals surface area contributed by atoms with E-state index in [9.17, 15) is 13.2 Å². The zero-order valence-corrected chi connectivity index (χ0v) is 14.0. The van der Waals surface area contributed by atoms with Crippen LogP contribution in [-0.2, 0) is 10.0 Å². The second-order valence-electron chi connectivity index (χ2n) is 4.85. The van der Waals surface area contributed by atoms with Crippen LogP contribution < -0.4 is 14.8 Å². The van der Waals surface area contributed by atoms with Gasteiger partial charge in [-0.25, -0.2) is 13.4 Å². The Morgan fingerprint density at radius 2 is 1.92 bits per heavy atom. The molecule has 0 aliphatic heterocycles. The van der Waals surface area contributed by atoms with Gasteiger partial charge in [-0.15, -0.1) is 0 Å². The second kappa shape index (κ2) is 8.30. The highest BCUT2D eigenvalue weighted by Gasteiger charge is 2.12. The van der Waals surface area contributed by atoms with Crippen LogP contribution in [0.1, 0.15) is 17.3 Å². The molecule has 7 nitrogen and oxygen atoms in total. The number of carbonyl (C=O) groups excluding carboxylic acids is 1. The number of pyridine rings is 1. The van der Waals surface area contributed by atoms with E-state index in [1.807, 2.05) is 6.92 Å². The molecule has 0 saturated carbocycles. The molecule has 24 heavy (non-hydrogen) atoms. The summed E-state index contributed by atoms with van der Waals surface area (Å²) < 4.78 is 31.5. The van der Waals surface area contributed by atoms with Crippen molar-refractivity contribution in [1.29, 1.82) is 0 Å². The Hall–Kier alpha value is -2.61. The lowest BCUT2D eigenvalue weighted by Crippen LogP contribution is -2.31. The van der Waals surface area contributed by atoms with E-state index in [0.717, 1.165) is 0 Å². The molecule has 0 unspecified atom stereocenters. The van der Waals surface area contributed by atoms with Crippen molar-refractivity contribution in [2.75, 3.05) is 23.6 Å². The molecule has 1 heterocycles. The molecule has 0 aliphatic rings. The van der Waals surface area contributed by atoms with Crippen LogP contribution in [0.3, 0.4) is 0 Å². The van der Waals surface area contributed by atoms with Crippen molar-refractivity contribution in [1.82, 2.24) is 10.3 Å². The number of aromatic nitrogens is 1. The van der Waals surface area contributed by atoms with Crippen molar-refractivity contribution in [2.24, 2.45) is 0 Å². The van der Waals surface area contributed by atoms with Crippen molar-refractivity contribution in [3.8, 4) is 5.75 Å². The molecule has 128 valence electrons. The number of carbonyl (C=O) groups is 1. The molecule has 1 aromatic heterocycles. The number of hydrogen-bond donors (Lipinski definition) is 2. The first kappa shape index (κ1) is 17.7. The Bertz CT molecular complexity index is 762. The number of nitrogens with one attached hydrogen (secondary N) is 2. The minimum absolute atomic E-state index is 0.00574. The number of rotatable bonds is 8. The molecule has 1 aromatic carbocycles. The predicted octanol–water partition coefficient (Wildman–Crippen LogP) is 1.65. The summed E-state index contributed by atoms with van der Waals surface area (Å²) in [7, 11) is -3.57. The van der Waals surface area contributed by atoms with E-state index >= 15 is 0 Å². The lowest BCUT2D eigenvalue weighted by Gasteiger charge is -2.09. The van der Waals surface area contributed by atoms with Crippen LogP contribution in [0.15, 0.2) is 48.7 Å². The zero-order chi connectivity index (χ0) is 17.4. The largest absolute Gasteiger partial charge is 0.494 e. The fraction of sp³-hybridized carbons (Fsp3) is 0.250. The van der Waals surface area contributed by atoms with E-state index in [0.29, 0.717) is 17.9 Å². The molecule has 0 atom stereocenters. The lowest BCUT2D eigenvalue weighted by atomic mass is 10.2. The number of nitrogens with zero attached hydrogens (tertiary/aromatic N) is 1. The Balaban J connectivity index is 1.83. The highest BCUT2D eigenvalue weighted by molar-refractivity contribution is 7.92. The van der Waals surface area contributed by atoms with Gasteiger partial charge in [-0.1, -0.05) is 6.07 Å². The Morgan fingerprint density at radius 1 is 1.17 bits per heavy atom. The molecule has 0 saturated heterocycles. The van der Waals surface area contributed by atoms with E-state index in [1.54, 1.807) is 42.5 Å². The van der Waals surface area contributed by atoms with Gasteiger partial charge in [0.2, 0.25) is 10.0 Å². The quantitative estimate of drug-likeness (QED) is 0.755. The SMILES string of the molecule is CCOc1ccc(C(=O)NCCS(=O)(=O)Nc2ccccn2)cc1. The van der Waals surface area contributed by atoms with Crippen molar-refractivity contribution >= 4 is 21.7 Å². The highest BCUT2D eigenvalue weighted by Crippen LogP contribution is 2.12. The van der Waals surface area contributed by atoms with Crippen LogP contribution in [-0.4, -0.2) is 38.2 Å². The molecular weight excluding hydrogens is 330 g/mol. The number of sulfonamides is 1. The maximum absolute atomic E-state index is 12.0. The van der Waals surface area contributed by atoms with Gasteiger partial charge in [0.05, 0.1) is 12.4 Å². The molecule has 0 spiro atoms. The molecule has 2 aromatic rings. The summed E-state index contributed by atoms with van der Waals surface area (Å²) in [6, 6.07) is 11.6. The fourth-order valence-corrected chi connectivity index (χ4v) is 2.82. The first-order valence-electron chi connectivity index (χ1n) is 7.43. The van der Waals surface area contributed by atoms with Gasteiger partial charge in [0, 0.05) is 18.3 Å². The van der Waals surface area contributed by atoms with Crippen molar-refractivity contribution < 1.29 is 17.9 Å². The summed E-state index contributed by atoms with van der Waals surface area (Å²) in [5.74, 6) is 0.337. The number of hydrogen-bond acceptors (Lipinski definition) is 5. The topological polar surface area (TPSA) is 97.4 Å². The highest BCUT2D eigenvalue weighted by atomic mass is 32.2. The van der Waals surface area contributed by atoms with E-state index in [-0.39, 0.29) is 24.0 Å². The summed E-state index contributed by atoms with van der Waals surface area (Å²) in [5.41, 5.74) is 0.438. The van der Waals surface area contributed by atoms with E-state index in [4.69, 9.17) is 4.74 Å². The molecule has 0 fully saturated rings. The van der Waals surface area contributed by atoms with Crippen LogP contribution in [0, 0.1) is 0 Å². The van der Waals surface area contributed by atoms with Crippen LogP contribution in [0.25, 0.3) is 0 Å². The van der Waals surface area contributed by atoms with Gasteiger partial charge in [-0.2, -0.15) is 0 Å². The minimum Gasteiger partial charge on any atom is -0.494 e. The summed E-state index contributed by atoms with van der Waals surface area (Å²) >= 11 is 0. The monoisotopic (exact) mass is 349 g/mol. The van der Waals surface area contributed by atoms with Crippen LogP contribution >= 0.6 is 0 Å². The van der Waals surface area contributed by atoms with Crippen LogP contribution in [0.2, 0.25) is 0 Å². The number of benzene rings is 1. The molecule has 0 radical (unpaired) electrons. The Morgan fingerprint density at radius 3 is 2.54 bits per heavy atom. The van der Waals surface area contributed by atoms with Crippen LogP contribution in [0.5, 0.6) is 5.75 Å². The average Bonchev–Trinajstić information content (AvgIpc) is 2.56. The minimum atomic E-state index is -3.57. The summed E-state index contributed by atoms with van der Waals surface area (Å²) in [5, 5.41) is 2.57. The lowest BCUT2D eigenvalue weighted by molar-refractivity contribution is 0.0956. The Labute approximate surface area is 141 Å². The third kappa shape index (κ3) is 5.54. The number of amides is 1. The first-order chi connectivity index (χ1) is 11.5. The van der Waals surface area contributed by atoms with Crippen molar-refractivity contribution in [3.05, 3.63) is 54.2 Å². The van der Waals surface area contributed by atoms with E-state index < -0.39 is 10.0 Å². The zero-order valence-electron chi connectivity index (χ0n) is 13.2. The average molecular weight is 349 g/mol. The fourth-order valence-electron chi connectivity index (χ4n) is 1.90. The van der Waals surface area contributed by atoms with Gasteiger partial charge >= 0.3 is 0 Å². The molecule has 2 N–H and O–H groups in total. The van der Waals surface area contributed by atoms with Gasteiger partial charge in [-0.3, -0.25) is 9.52 Å². The number of anilines is 1. The summed E-state index contributed by atoms with van der Waals surface area (Å²) in [4.78, 5) is 15.9. The Kier molecular flexibility index (Phi) is 6.14. The maximum Gasteiger partial charge on any atom is 0.251 e. The molecule has 0 aliphatic carbocycles. The van der Waals surface area contributed by atoms with E-state index in [2.05, 4.69) is 15.0 Å². The first-order valence-corrected chi connectivity index (χ1v) is 9.08. The summed E-state index contributed by atoms with van der Waals surface area (Å²) in [6.45, 7) is 2.42. The van der Waals surface area contributed by atoms with Gasteiger partial charge in [0.1, 0.15) is 11.6 Å². The number of ether oxygens (including phenoxy) is 1. The van der Waals surface area contributed by atoms with Crippen molar-refractivity contribution in [2.45, 2.75) is 6.92 Å². The molecule has 1 amide bonds. The third-order valence-corrected chi connectivity index (χ3v) is 4.27. The normalized spacial score (nSPS) is 10.9. The summed E-state index contributed by atoms with van der Waals surface area (Å²) in [6.07, 6.45) is 1.49. The van der Waals surface area contributed by atoms with Gasteiger partial charge in [-0.05, 0) is 43.3 Å². The van der Waals surface area contributed by atoms with E-state index in [1.165, 1.54) is 6.20 Å². The molecule has 8 heteroatoms. The van der Waals surface area contributed by atoms with Gasteiger partial charge in [0.25, 0.3) is 5.91 Å². The third-order valence-electron chi connectivity index (χ3n) is 3.01. The van der Waals surface area contributed by atoms with Gasteiger partial charge in [0.15, 0.2) is 0 Å². The second-order valence-corrected chi connectivity index (χ2v) is 6.69.